The first-order chi connectivity index (χ1) is 17.9. The van der Waals surface area contributed by atoms with Gasteiger partial charge in [-0.2, -0.15) is 0 Å². The molecule has 1 saturated carbocycles. The summed E-state index contributed by atoms with van der Waals surface area (Å²) in [5, 5.41) is 0.892. The summed E-state index contributed by atoms with van der Waals surface area (Å²) in [7, 11) is 0. The molecule has 0 radical (unpaired) electrons. The highest BCUT2D eigenvalue weighted by molar-refractivity contribution is 7.21. The zero-order chi connectivity index (χ0) is 25.7. The summed E-state index contributed by atoms with van der Waals surface area (Å²) >= 11 is 1.62. The average Bonchev–Trinajstić information content (AvgIpc) is 3.59. The molecule has 7 heteroatoms. The first-order valence-corrected chi connectivity index (χ1v) is 13.4. The van der Waals surface area contributed by atoms with Crippen molar-refractivity contribution >= 4 is 45.0 Å². The smallest absolute Gasteiger partial charge is 0.257 e. The lowest BCUT2D eigenvalue weighted by Gasteiger charge is -2.28. The Labute approximate surface area is 219 Å². The predicted molar refractivity (Wildman–Crippen MR) is 145 cm³/mol. The van der Waals surface area contributed by atoms with E-state index in [0.29, 0.717) is 12.2 Å². The number of aromatic nitrogens is 1. The molecule has 1 aromatic heterocycles. The van der Waals surface area contributed by atoms with Crippen LogP contribution in [0, 0.1) is 19.8 Å². The van der Waals surface area contributed by atoms with Crippen LogP contribution in [-0.4, -0.2) is 33.6 Å². The lowest BCUT2D eigenvalue weighted by Crippen LogP contribution is -2.45. The topological polar surface area (TPSA) is 70.6 Å². The van der Waals surface area contributed by atoms with Crippen molar-refractivity contribution in [2.75, 3.05) is 4.90 Å². The quantitative estimate of drug-likeness (QED) is 0.315. The lowest BCUT2D eigenvalue weighted by molar-refractivity contribution is -0.140. The fourth-order valence-corrected chi connectivity index (χ4v) is 5.91. The average molecular weight is 510 g/mol. The molecule has 2 aliphatic rings. The highest BCUT2D eigenvalue weighted by Crippen LogP contribution is 2.36. The number of anilines is 1. The molecule has 186 valence electrons. The van der Waals surface area contributed by atoms with Crippen LogP contribution in [0.15, 0.2) is 66.7 Å². The van der Waals surface area contributed by atoms with Gasteiger partial charge in [-0.25, -0.2) is 9.88 Å². The van der Waals surface area contributed by atoms with Gasteiger partial charge in [0.15, 0.2) is 0 Å². The van der Waals surface area contributed by atoms with Crippen LogP contribution in [0.1, 0.15) is 36.0 Å². The number of benzene rings is 3. The van der Waals surface area contributed by atoms with Gasteiger partial charge in [0.05, 0.1) is 22.3 Å². The van der Waals surface area contributed by atoms with Gasteiger partial charge < -0.3 is 4.90 Å². The van der Waals surface area contributed by atoms with E-state index in [1.807, 2.05) is 55.5 Å². The SMILES string of the molecule is Cc1ccc(CN(C(=O)C2CC2)C2CC(=O)N(c3ccc(-c4nc5ccc(C)cc5s4)cc3)C2=O)cc1. The van der Waals surface area contributed by atoms with Gasteiger partial charge >= 0.3 is 0 Å². The predicted octanol–water partition coefficient (Wildman–Crippen LogP) is 5.65. The molecule has 6 rings (SSSR count). The van der Waals surface area contributed by atoms with Crippen molar-refractivity contribution in [2.45, 2.75) is 45.7 Å². The maximum Gasteiger partial charge on any atom is 0.257 e. The molecule has 2 heterocycles. The number of aryl methyl sites for hydroxylation is 2. The van der Waals surface area contributed by atoms with Crippen molar-refractivity contribution in [3.8, 4) is 10.6 Å². The van der Waals surface area contributed by atoms with Gasteiger partial charge in [-0.1, -0.05) is 35.9 Å². The second kappa shape index (κ2) is 9.23. The van der Waals surface area contributed by atoms with Crippen LogP contribution in [0.4, 0.5) is 5.69 Å². The van der Waals surface area contributed by atoms with Crippen LogP contribution in [0.3, 0.4) is 0 Å². The van der Waals surface area contributed by atoms with Gasteiger partial charge in [0.25, 0.3) is 5.91 Å². The summed E-state index contributed by atoms with van der Waals surface area (Å²) in [5.41, 5.74) is 5.68. The van der Waals surface area contributed by atoms with Gasteiger partial charge in [-0.15, -0.1) is 11.3 Å². The van der Waals surface area contributed by atoms with Crippen LogP contribution in [0.25, 0.3) is 20.8 Å². The molecule has 0 N–H and O–H groups in total. The molecule has 37 heavy (non-hydrogen) atoms. The number of nitrogens with zero attached hydrogens (tertiary/aromatic N) is 3. The molecule has 0 bridgehead atoms. The van der Waals surface area contributed by atoms with E-state index in [4.69, 9.17) is 4.98 Å². The highest BCUT2D eigenvalue weighted by Gasteiger charge is 2.46. The molecule has 6 nitrogen and oxygen atoms in total. The van der Waals surface area contributed by atoms with E-state index in [1.165, 1.54) is 10.5 Å². The number of hydrogen-bond donors (Lipinski definition) is 0. The largest absolute Gasteiger partial charge is 0.326 e. The number of amides is 3. The molecule has 3 amide bonds. The van der Waals surface area contributed by atoms with Crippen molar-refractivity contribution in [1.29, 1.82) is 0 Å². The Morgan fingerprint density at radius 2 is 1.68 bits per heavy atom. The van der Waals surface area contributed by atoms with Gasteiger partial charge in [-0.05, 0) is 74.2 Å². The molecule has 1 atom stereocenters. The molecule has 0 spiro atoms. The van der Waals surface area contributed by atoms with Gasteiger partial charge in [0.2, 0.25) is 11.8 Å². The van der Waals surface area contributed by atoms with Crippen LogP contribution in [0.5, 0.6) is 0 Å². The first kappa shape index (κ1) is 23.6. The number of hydrogen-bond acceptors (Lipinski definition) is 5. The van der Waals surface area contributed by atoms with E-state index in [1.54, 1.807) is 28.4 Å². The molecule has 3 aromatic carbocycles. The summed E-state index contributed by atoms with van der Waals surface area (Å²) < 4.78 is 1.13. The molecule has 2 fully saturated rings. The summed E-state index contributed by atoms with van der Waals surface area (Å²) in [4.78, 5) is 47.4. The summed E-state index contributed by atoms with van der Waals surface area (Å²) in [6, 6.07) is 20.7. The van der Waals surface area contributed by atoms with Crippen molar-refractivity contribution in [2.24, 2.45) is 5.92 Å². The third-order valence-electron chi connectivity index (χ3n) is 7.10. The number of thiazole rings is 1. The van der Waals surface area contributed by atoms with E-state index < -0.39 is 6.04 Å². The third kappa shape index (κ3) is 4.55. The van der Waals surface area contributed by atoms with E-state index in [9.17, 15) is 14.4 Å². The standard InChI is InChI=1S/C30H27N3O3S/c1-18-3-6-20(7-4-18)17-32(29(35)22-8-9-22)25-16-27(34)33(30(25)36)23-12-10-21(11-13-23)28-31-24-14-5-19(2)15-26(24)37-28/h3-7,10-15,22,25H,8-9,16-17H2,1-2H3. The number of carbonyl (C=O) groups is 3. The van der Waals surface area contributed by atoms with Gasteiger partial charge in [-0.3, -0.25) is 14.4 Å². The van der Waals surface area contributed by atoms with Crippen molar-refractivity contribution < 1.29 is 14.4 Å². The number of carbonyl (C=O) groups excluding carboxylic acids is 3. The van der Waals surface area contributed by atoms with Crippen molar-refractivity contribution in [3.05, 3.63) is 83.4 Å². The lowest BCUT2D eigenvalue weighted by atomic mass is 10.1. The molecule has 4 aromatic rings. The summed E-state index contributed by atoms with van der Waals surface area (Å²) in [6.07, 6.45) is 1.69. The Hall–Kier alpha value is -3.84. The fraction of sp³-hybridized carbons (Fsp3) is 0.267. The minimum Gasteiger partial charge on any atom is -0.326 e. The molecular formula is C30H27N3O3S. The van der Waals surface area contributed by atoms with Crippen LogP contribution in [-0.2, 0) is 20.9 Å². The fourth-order valence-electron chi connectivity index (χ4n) is 4.84. The molecule has 1 saturated heterocycles. The molecule has 1 unspecified atom stereocenters. The van der Waals surface area contributed by atoms with Crippen LogP contribution in [0.2, 0.25) is 0 Å². The van der Waals surface area contributed by atoms with E-state index >= 15 is 0 Å². The molecular weight excluding hydrogens is 482 g/mol. The maximum atomic E-state index is 13.6. The van der Waals surface area contributed by atoms with Crippen molar-refractivity contribution in [1.82, 2.24) is 9.88 Å². The maximum absolute atomic E-state index is 13.6. The Bertz CT molecular complexity index is 1520. The number of imide groups is 1. The molecule has 1 aliphatic heterocycles. The van der Waals surface area contributed by atoms with Crippen LogP contribution < -0.4 is 4.90 Å². The Balaban J connectivity index is 1.25. The minimum absolute atomic E-state index is 0.00211. The molecule has 1 aliphatic carbocycles. The van der Waals surface area contributed by atoms with E-state index in [-0.39, 0.29) is 30.1 Å². The van der Waals surface area contributed by atoms with Crippen LogP contribution >= 0.6 is 11.3 Å². The number of rotatable bonds is 6. The normalized spacial score (nSPS) is 17.6. The number of fused-ring (bicyclic) bond motifs is 1. The second-order valence-electron chi connectivity index (χ2n) is 10.1. The third-order valence-corrected chi connectivity index (χ3v) is 8.17. The highest BCUT2D eigenvalue weighted by atomic mass is 32.1. The second-order valence-corrected chi connectivity index (χ2v) is 11.1. The summed E-state index contributed by atoms with van der Waals surface area (Å²) in [6.45, 7) is 4.39. The Morgan fingerprint density at radius 1 is 0.973 bits per heavy atom. The van der Waals surface area contributed by atoms with E-state index in [0.717, 1.165) is 44.8 Å². The zero-order valence-electron chi connectivity index (χ0n) is 20.8. The van der Waals surface area contributed by atoms with Gasteiger partial charge in [0.1, 0.15) is 11.0 Å². The van der Waals surface area contributed by atoms with Crippen molar-refractivity contribution in [3.63, 3.8) is 0 Å². The Morgan fingerprint density at radius 3 is 2.38 bits per heavy atom. The zero-order valence-corrected chi connectivity index (χ0v) is 21.6. The Kier molecular flexibility index (Phi) is 5.88. The summed E-state index contributed by atoms with van der Waals surface area (Å²) in [5.74, 6) is -0.695. The van der Waals surface area contributed by atoms with E-state index in [2.05, 4.69) is 13.0 Å². The first-order valence-electron chi connectivity index (χ1n) is 12.6. The monoisotopic (exact) mass is 509 g/mol. The minimum atomic E-state index is -0.783. The van der Waals surface area contributed by atoms with Gasteiger partial charge in [0, 0.05) is 18.0 Å².